The van der Waals surface area contributed by atoms with Crippen LogP contribution in [0.4, 0.5) is 0 Å². The Kier molecular flexibility index (Phi) is 6.30. The number of rotatable bonds is 5. The molecule has 0 unspecified atom stereocenters. The summed E-state index contributed by atoms with van der Waals surface area (Å²) in [6.45, 7) is 5.72. The Morgan fingerprint density at radius 3 is 2.27 bits per heavy atom. The quantitative estimate of drug-likeness (QED) is 0.813. The van der Waals surface area contributed by atoms with Crippen LogP contribution in [0.15, 0.2) is 30.3 Å². The summed E-state index contributed by atoms with van der Waals surface area (Å²) in [4.78, 5) is 31.8. The van der Waals surface area contributed by atoms with Gasteiger partial charge < -0.3 is 9.80 Å². The van der Waals surface area contributed by atoms with Gasteiger partial charge in [0, 0.05) is 45.3 Å². The Bertz CT molecular complexity index is 605. The molecule has 2 amide bonds. The number of benzene rings is 1. The van der Waals surface area contributed by atoms with Crippen molar-refractivity contribution in [2.45, 2.75) is 38.6 Å². The first-order valence-corrected chi connectivity index (χ1v) is 9.95. The smallest absolute Gasteiger partial charge is 0.253 e. The minimum atomic E-state index is -0.0172. The highest BCUT2D eigenvalue weighted by Gasteiger charge is 2.38. The fourth-order valence-corrected chi connectivity index (χ4v) is 4.28. The molecule has 1 saturated heterocycles. The van der Waals surface area contributed by atoms with Crippen LogP contribution in [0.2, 0.25) is 0 Å². The summed E-state index contributed by atoms with van der Waals surface area (Å²) in [5, 5.41) is 0. The average molecular weight is 357 g/mol. The van der Waals surface area contributed by atoms with Crippen molar-refractivity contribution in [2.75, 3.05) is 39.8 Å². The molecule has 0 spiro atoms. The van der Waals surface area contributed by atoms with E-state index in [1.807, 2.05) is 54.1 Å². The van der Waals surface area contributed by atoms with Gasteiger partial charge in [0.1, 0.15) is 0 Å². The number of nitrogens with zero attached hydrogens (tertiary/aromatic N) is 3. The van der Waals surface area contributed by atoms with Crippen molar-refractivity contribution in [3.05, 3.63) is 35.9 Å². The molecule has 142 valence electrons. The van der Waals surface area contributed by atoms with Crippen LogP contribution >= 0.6 is 0 Å². The van der Waals surface area contributed by atoms with E-state index in [1.54, 1.807) is 0 Å². The molecule has 1 aromatic rings. The van der Waals surface area contributed by atoms with Gasteiger partial charge in [-0.1, -0.05) is 31.0 Å². The van der Waals surface area contributed by atoms with Crippen LogP contribution in [-0.4, -0.2) is 72.3 Å². The van der Waals surface area contributed by atoms with E-state index >= 15 is 0 Å². The fraction of sp³-hybridized carbons (Fsp3) is 0.619. The summed E-state index contributed by atoms with van der Waals surface area (Å²) in [7, 11) is 1.90. The van der Waals surface area contributed by atoms with Gasteiger partial charge in [0.25, 0.3) is 5.91 Å². The van der Waals surface area contributed by atoms with Crippen LogP contribution in [0, 0.1) is 5.92 Å². The Morgan fingerprint density at radius 1 is 1.08 bits per heavy atom. The van der Waals surface area contributed by atoms with E-state index in [1.165, 1.54) is 12.8 Å². The van der Waals surface area contributed by atoms with Gasteiger partial charge in [-0.3, -0.25) is 14.5 Å². The van der Waals surface area contributed by atoms with E-state index < -0.39 is 0 Å². The third kappa shape index (κ3) is 4.09. The first-order valence-electron chi connectivity index (χ1n) is 9.95. The van der Waals surface area contributed by atoms with Gasteiger partial charge in [-0.05, 0) is 37.8 Å². The molecule has 1 saturated carbocycles. The first kappa shape index (κ1) is 18.9. The second kappa shape index (κ2) is 8.67. The largest absolute Gasteiger partial charge is 0.345 e. The topological polar surface area (TPSA) is 43.9 Å². The third-order valence-electron chi connectivity index (χ3n) is 5.97. The number of amides is 2. The van der Waals surface area contributed by atoms with E-state index in [9.17, 15) is 9.59 Å². The van der Waals surface area contributed by atoms with Crippen LogP contribution in [-0.2, 0) is 4.79 Å². The highest BCUT2D eigenvalue weighted by Crippen LogP contribution is 2.31. The van der Waals surface area contributed by atoms with Crippen molar-refractivity contribution in [1.82, 2.24) is 14.7 Å². The summed E-state index contributed by atoms with van der Waals surface area (Å²) in [5.41, 5.74) is 0.745. The second-order valence-corrected chi connectivity index (χ2v) is 7.54. The molecule has 2 fully saturated rings. The summed E-state index contributed by atoms with van der Waals surface area (Å²) in [5.74, 6) is 0.815. The second-order valence-electron chi connectivity index (χ2n) is 7.54. The molecule has 2 aliphatic rings. The average Bonchev–Trinajstić information content (AvgIpc) is 3.22. The van der Waals surface area contributed by atoms with E-state index in [0.717, 1.165) is 38.0 Å². The molecule has 5 nitrogen and oxygen atoms in total. The Labute approximate surface area is 156 Å². The minimum Gasteiger partial charge on any atom is -0.345 e. The molecule has 0 radical (unpaired) electrons. The molecule has 0 bridgehead atoms. The Hall–Kier alpha value is -1.88. The van der Waals surface area contributed by atoms with Gasteiger partial charge in [-0.15, -0.1) is 0 Å². The first-order chi connectivity index (χ1) is 12.6. The van der Waals surface area contributed by atoms with Gasteiger partial charge in [-0.2, -0.15) is 0 Å². The van der Waals surface area contributed by atoms with Crippen molar-refractivity contribution >= 4 is 11.8 Å². The monoisotopic (exact) mass is 357 g/mol. The van der Waals surface area contributed by atoms with Crippen LogP contribution in [0.1, 0.15) is 43.0 Å². The standard InChI is InChI=1S/C21H31N3O2/c1-3-22(2)21(26)19(17-9-7-8-10-17)23-13-15-24(16-14-23)20(25)18-11-5-4-6-12-18/h4-6,11-12,17,19H,3,7-10,13-16H2,1-2H3/t19-/m0/s1. The van der Waals surface area contributed by atoms with Crippen molar-refractivity contribution in [3.8, 4) is 0 Å². The zero-order chi connectivity index (χ0) is 18.5. The molecular formula is C21H31N3O2. The lowest BCUT2D eigenvalue weighted by Gasteiger charge is -2.42. The molecule has 1 aromatic carbocycles. The van der Waals surface area contributed by atoms with E-state index in [4.69, 9.17) is 0 Å². The summed E-state index contributed by atoms with van der Waals surface area (Å²) in [6.07, 6.45) is 4.77. The van der Waals surface area contributed by atoms with Crippen molar-refractivity contribution < 1.29 is 9.59 Å². The molecule has 1 atom stereocenters. The third-order valence-corrected chi connectivity index (χ3v) is 5.97. The van der Waals surface area contributed by atoms with E-state index in [0.29, 0.717) is 19.0 Å². The van der Waals surface area contributed by atoms with Crippen LogP contribution in [0.3, 0.4) is 0 Å². The molecule has 5 heteroatoms. The maximum Gasteiger partial charge on any atom is 0.253 e. The molecule has 1 heterocycles. The zero-order valence-electron chi connectivity index (χ0n) is 16.1. The summed E-state index contributed by atoms with van der Waals surface area (Å²) in [6, 6.07) is 9.46. The van der Waals surface area contributed by atoms with Gasteiger partial charge in [0.15, 0.2) is 0 Å². The molecule has 3 rings (SSSR count). The lowest BCUT2D eigenvalue weighted by molar-refractivity contribution is -0.138. The van der Waals surface area contributed by atoms with Crippen molar-refractivity contribution in [1.29, 1.82) is 0 Å². The minimum absolute atomic E-state index is 0.0172. The molecule has 0 N–H and O–H groups in total. The number of hydrogen-bond donors (Lipinski definition) is 0. The summed E-state index contributed by atoms with van der Waals surface area (Å²) < 4.78 is 0. The Morgan fingerprint density at radius 2 is 1.69 bits per heavy atom. The van der Waals surface area contributed by atoms with Gasteiger partial charge >= 0.3 is 0 Å². The predicted octanol–water partition coefficient (Wildman–Crippen LogP) is 2.48. The fourth-order valence-electron chi connectivity index (χ4n) is 4.28. The maximum absolute atomic E-state index is 13.0. The Balaban J connectivity index is 1.65. The van der Waals surface area contributed by atoms with Gasteiger partial charge in [0.05, 0.1) is 6.04 Å². The number of carbonyl (C=O) groups is 2. The highest BCUT2D eigenvalue weighted by molar-refractivity contribution is 5.94. The lowest BCUT2D eigenvalue weighted by atomic mass is 9.94. The molecule has 1 aliphatic heterocycles. The van der Waals surface area contributed by atoms with Crippen LogP contribution in [0.25, 0.3) is 0 Å². The number of hydrogen-bond acceptors (Lipinski definition) is 3. The normalized spacial score (nSPS) is 20.2. The van der Waals surface area contributed by atoms with E-state index in [2.05, 4.69) is 4.90 Å². The van der Waals surface area contributed by atoms with Gasteiger partial charge in [0.2, 0.25) is 5.91 Å². The van der Waals surface area contributed by atoms with Crippen LogP contribution < -0.4 is 0 Å². The highest BCUT2D eigenvalue weighted by atomic mass is 16.2. The van der Waals surface area contributed by atoms with Gasteiger partial charge in [-0.25, -0.2) is 0 Å². The SMILES string of the molecule is CCN(C)C(=O)[C@H](C1CCCC1)N1CCN(C(=O)c2ccccc2)CC1. The maximum atomic E-state index is 13.0. The zero-order valence-corrected chi connectivity index (χ0v) is 16.1. The molecular weight excluding hydrogens is 326 g/mol. The molecule has 0 aromatic heterocycles. The summed E-state index contributed by atoms with van der Waals surface area (Å²) >= 11 is 0. The number of carbonyl (C=O) groups excluding carboxylic acids is 2. The molecule has 26 heavy (non-hydrogen) atoms. The van der Waals surface area contributed by atoms with Crippen LogP contribution in [0.5, 0.6) is 0 Å². The van der Waals surface area contributed by atoms with Crippen molar-refractivity contribution in [2.24, 2.45) is 5.92 Å². The predicted molar refractivity (Wildman–Crippen MR) is 103 cm³/mol. The lowest BCUT2D eigenvalue weighted by Crippen LogP contribution is -2.58. The molecule has 1 aliphatic carbocycles. The number of piperazine rings is 1. The van der Waals surface area contributed by atoms with E-state index in [-0.39, 0.29) is 17.9 Å². The number of likely N-dealkylation sites (N-methyl/N-ethyl adjacent to an activating group) is 1. The van der Waals surface area contributed by atoms with Crippen molar-refractivity contribution in [3.63, 3.8) is 0 Å².